The quantitative estimate of drug-likeness (QED) is 0.744. The third-order valence-corrected chi connectivity index (χ3v) is 3.84. The van der Waals surface area contributed by atoms with Crippen molar-refractivity contribution in [3.05, 3.63) is 64.2 Å². The van der Waals surface area contributed by atoms with Crippen LogP contribution in [0.15, 0.2) is 42.5 Å². The predicted molar refractivity (Wildman–Crippen MR) is 97.7 cm³/mol. The number of halogens is 1. The minimum atomic E-state index is -1.74. The van der Waals surface area contributed by atoms with Crippen LogP contribution in [0.3, 0.4) is 0 Å². The molecule has 1 amide bonds. The number of carbonyl (C=O) groups excluding carboxylic acids is 1. The Balaban J connectivity index is 2.44. The van der Waals surface area contributed by atoms with E-state index in [0.717, 1.165) is 11.1 Å². The molecule has 0 radical (unpaired) electrons. The third-order valence-electron chi connectivity index (χ3n) is 3.42. The van der Waals surface area contributed by atoms with Crippen molar-refractivity contribution in [2.75, 3.05) is 0 Å². The minimum absolute atomic E-state index is 0.0589. The molecular formula is C18H21BClNO3. The first-order valence-electron chi connectivity index (χ1n) is 7.72. The van der Waals surface area contributed by atoms with Crippen molar-refractivity contribution in [2.24, 2.45) is 0 Å². The van der Waals surface area contributed by atoms with Crippen molar-refractivity contribution in [3.8, 4) is 0 Å². The Morgan fingerprint density at radius 3 is 2.29 bits per heavy atom. The van der Waals surface area contributed by atoms with Gasteiger partial charge >= 0.3 is 7.12 Å². The average Bonchev–Trinajstić information content (AvgIpc) is 2.47. The topological polar surface area (TPSA) is 69.6 Å². The smallest absolute Gasteiger partial charge is 0.423 e. The molecule has 0 aliphatic heterocycles. The molecule has 0 spiro atoms. The normalized spacial score (nSPS) is 11.2. The van der Waals surface area contributed by atoms with E-state index in [-0.39, 0.29) is 22.0 Å². The van der Waals surface area contributed by atoms with Gasteiger partial charge in [-0.25, -0.2) is 0 Å². The van der Waals surface area contributed by atoms with Gasteiger partial charge in [0, 0.05) is 11.0 Å². The molecule has 4 nitrogen and oxygen atoms in total. The van der Waals surface area contributed by atoms with Gasteiger partial charge in [0.05, 0.1) is 10.6 Å². The molecule has 0 atom stereocenters. The maximum absolute atomic E-state index is 12.5. The van der Waals surface area contributed by atoms with Crippen LogP contribution in [0.1, 0.15) is 42.3 Å². The fraction of sp³-hybridized carbons (Fsp3) is 0.278. The SMILES string of the molecule is CC(C)(C)NC(=O)c1cc(Cc2ccccc2)cc(B(O)O)c1Cl. The minimum Gasteiger partial charge on any atom is -0.423 e. The predicted octanol–water partition coefficient (Wildman–Crippen LogP) is 2.14. The van der Waals surface area contributed by atoms with Gasteiger partial charge in [0.25, 0.3) is 5.91 Å². The Morgan fingerprint density at radius 1 is 1.12 bits per heavy atom. The van der Waals surface area contributed by atoms with Gasteiger partial charge in [-0.2, -0.15) is 0 Å². The molecule has 0 saturated carbocycles. The van der Waals surface area contributed by atoms with Gasteiger partial charge in [-0.05, 0) is 44.4 Å². The number of benzene rings is 2. The summed E-state index contributed by atoms with van der Waals surface area (Å²) in [6.07, 6.45) is 0.563. The summed E-state index contributed by atoms with van der Waals surface area (Å²) in [5.74, 6) is -0.343. The third kappa shape index (κ3) is 4.84. The van der Waals surface area contributed by atoms with E-state index < -0.39 is 12.7 Å². The second kappa shape index (κ2) is 7.39. The van der Waals surface area contributed by atoms with Crippen molar-refractivity contribution in [1.82, 2.24) is 5.32 Å². The molecule has 3 N–H and O–H groups in total. The van der Waals surface area contributed by atoms with E-state index in [9.17, 15) is 14.8 Å². The maximum atomic E-state index is 12.5. The van der Waals surface area contributed by atoms with Crippen LogP contribution in [-0.4, -0.2) is 28.6 Å². The van der Waals surface area contributed by atoms with Gasteiger partial charge in [0.1, 0.15) is 0 Å². The molecule has 0 aromatic heterocycles. The first-order valence-corrected chi connectivity index (χ1v) is 8.10. The van der Waals surface area contributed by atoms with Gasteiger partial charge < -0.3 is 15.4 Å². The Labute approximate surface area is 147 Å². The average molecular weight is 346 g/mol. The molecule has 0 unspecified atom stereocenters. The van der Waals surface area contributed by atoms with Crippen LogP contribution in [0.2, 0.25) is 5.02 Å². The Hall–Kier alpha value is -1.82. The lowest BCUT2D eigenvalue weighted by atomic mass is 9.77. The number of carbonyl (C=O) groups is 1. The Kier molecular flexibility index (Phi) is 5.70. The van der Waals surface area contributed by atoms with Crippen LogP contribution < -0.4 is 10.8 Å². The molecule has 6 heteroatoms. The Morgan fingerprint density at radius 2 is 1.75 bits per heavy atom. The van der Waals surface area contributed by atoms with Crippen molar-refractivity contribution in [1.29, 1.82) is 0 Å². The standard InChI is InChI=1S/C18H21BClNO3/c1-18(2,3)21-17(22)14-10-13(9-12-7-5-4-6-8-12)11-15(16(14)20)19(23)24/h4-8,10-11,23-24H,9H2,1-3H3,(H,21,22). The zero-order chi connectivity index (χ0) is 17.9. The van der Waals surface area contributed by atoms with Crippen LogP contribution in [0, 0.1) is 0 Å². The summed E-state index contributed by atoms with van der Waals surface area (Å²) in [7, 11) is -1.74. The lowest BCUT2D eigenvalue weighted by molar-refractivity contribution is 0.0919. The molecule has 126 valence electrons. The van der Waals surface area contributed by atoms with Gasteiger partial charge in [0.2, 0.25) is 0 Å². The van der Waals surface area contributed by atoms with Crippen molar-refractivity contribution < 1.29 is 14.8 Å². The highest BCUT2D eigenvalue weighted by atomic mass is 35.5. The lowest BCUT2D eigenvalue weighted by Gasteiger charge is -2.22. The number of hydrogen-bond donors (Lipinski definition) is 3. The maximum Gasteiger partial charge on any atom is 0.489 e. The second-order valence-electron chi connectivity index (χ2n) is 6.79. The largest absolute Gasteiger partial charge is 0.489 e. The summed E-state index contributed by atoms with van der Waals surface area (Å²) < 4.78 is 0. The van der Waals surface area contributed by atoms with Gasteiger partial charge in [-0.3, -0.25) is 4.79 Å². The molecule has 24 heavy (non-hydrogen) atoms. The molecule has 0 aliphatic rings. The monoisotopic (exact) mass is 345 g/mol. The van der Waals surface area contributed by atoms with Crippen LogP contribution >= 0.6 is 11.6 Å². The second-order valence-corrected chi connectivity index (χ2v) is 7.16. The first kappa shape index (κ1) is 18.5. The fourth-order valence-corrected chi connectivity index (χ4v) is 2.70. The van der Waals surface area contributed by atoms with Crippen LogP contribution in [0.25, 0.3) is 0 Å². The van der Waals surface area contributed by atoms with Crippen LogP contribution in [0.4, 0.5) is 0 Å². The molecule has 0 heterocycles. The number of amides is 1. The Bertz CT molecular complexity index is 727. The van der Waals surface area contributed by atoms with Crippen molar-refractivity contribution in [3.63, 3.8) is 0 Å². The van der Waals surface area contributed by atoms with E-state index in [1.54, 1.807) is 12.1 Å². The van der Waals surface area contributed by atoms with E-state index >= 15 is 0 Å². The summed E-state index contributed by atoms with van der Waals surface area (Å²) in [5.41, 5.74) is 1.79. The van der Waals surface area contributed by atoms with E-state index in [4.69, 9.17) is 11.6 Å². The van der Waals surface area contributed by atoms with E-state index in [1.165, 1.54) is 0 Å². The summed E-state index contributed by atoms with van der Waals surface area (Å²) >= 11 is 6.22. The fourth-order valence-electron chi connectivity index (χ4n) is 2.40. The van der Waals surface area contributed by atoms with Crippen LogP contribution in [-0.2, 0) is 6.42 Å². The van der Waals surface area contributed by atoms with E-state index in [1.807, 2.05) is 51.1 Å². The summed E-state index contributed by atoms with van der Waals surface area (Å²) in [4.78, 5) is 12.5. The molecule has 2 rings (SSSR count). The number of rotatable bonds is 4. The zero-order valence-electron chi connectivity index (χ0n) is 14.0. The molecule has 0 aliphatic carbocycles. The first-order chi connectivity index (χ1) is 11.2. The highest BCUT2D eigenvalue weighted by molar-refractivity contribution is 6.63. The molecule has 0 fully saturated rings. The molecule has 2 aromatic rings. The molecule has 0 bridgehead atoms. The molecule has 0 saturated heterocycles. The van der Waals surface area contributed by atoms with Gasteiger partial charge in [-0.1, -0.05) is 48.0 Å². The van der Waals surface area contributed by atoms with Gasteiger partial charge in [0.15, 0.2) is 0 Å². The molecule has 2 aromatic carbocycles. The highest BCUT2D eigenvalue weighted by Gasteiger charge is 2.24. The molecular weight excluding hydrogens is 324 g/mol. The van der Waals surface area contributed by atoms with Crippen LogP contribution in [0.5, 0.6) is 0 Å². The highest BCUT2D eigenvalue weighted by Crippen LogP contribution is 2.19. The summed E-state index contributed by atoms with van der Waals surface area (Å²) in [6.45, 7) is 5.61. The lowest BCUT2D eigenvalue weighted by Crippen LogP contribution is -2.42. The van der Waals surface area contributed by atoms with Crippen molar-refractivity contribution in [2.45, 2.75) is 32.7 Å². The number of hydrogen-bond acceptors (Lipinski definition) is 3. The summed E-state index contributed by atoms with van der Waals surface area (Å²) in [5, 5.41) is 22.1. The number of nitrogens with one attached hydrogen (secondary N) is 1. The zero-order valence-corrected chi connectivity index (χ0v) is 14.8. The van der Waals surface area contributed by atoms with Gasteiger partial charge in [-0.15, -0.1) is 0 Å². The van der Waals surface area contributed by atoms with E-state index in [0.29, 0.717) is 6.42 Å². The van der Waals surface area contributed by atoms with E-state index in [2.05, 4.69) is 5.32 Å². The summed E-state index contributed by atoms with van der Waals surface area (Å²) in [6, 6.07) is 13.0. The van der Waals surface area contributed by atoms with Crippen molar-refractivity contribution >= 4 is 30.1 Å².